The van der Waals surface area contributed by atoms with Crippen LogP contribution in [0.5, 0.6) is 0 Å². The van der Waals surface area contributed by atoms with Gasteiger partial charge in [-0.2, -0.15) is 0 Å². The van der Waals surface area contributed by atoms with E-state index in [0.717, 1.165) is 6.54 Å². The second kappa shape index (κ2) is 7.58. The highest BCUT2D eigenvalue weighted by atomic mass is 15.1. The second-order valence-electron chi connectivity index (χ2n) is 8.13. The molecule has 6 aromatic rings. The number of para-hydroxylation sites is 2. The van der Waals surface area contributed by atoms with E-state index in [-0.39, 0.29) is 0 Å². The Labute approximate surface area is 187 Å². The Morgan fingerprint density at radius 3 is 2.12 bits per heavy atom. The normalized spacial score (nSPS) is 11.4. The molecule has 154 valence electrons. The zero-order valence-electron chi connectivity index (χ0n) is 18.1. The number of hydrogen-bond acceptors (Lipinski definition) is 1. The summed E-state index contributed by atoms with van der Waals surface area (Å²) < 4.78 is 2.36. The zero-order valence-corrected chi connectivity index (χ0v) is 18.1. The SMILES string of the molecule is CCN(c1ccc2c(c1)c1ccccc1n2-c1ccccc1)c1cccc2ccccc12. The lowest BCUT2D eigenvalue weighted by atomic mass is 10.1. The Balaban J connectivity index is 1.59. The summed E-state index contributed by atoms with van der Waals surface area (Å²) in [6.07, 6.45) is 0. The summed E-state index contributed by atoms with van der Waals surface area (Å²) in [7, 11) is 0. The van der Waals surface area contributed by atoms with Gasteiger partial charge in [0.25, 0.3) is 0 Å². The van der Waals surface area contributed by atoms with Gasteiger partial charge in [0.15, 0.2) is 0 Å². The van der Waals surface area contributed by atoms with Gasteiger partial charge >= 0.3 is 0 Å². The van der Waals surface area contributed by atoms with Gasteiger partial charge in [-0.3, -0.25) is 0 Å². The van der Waals surface area contributed by atoms with Gasteiger partial charge in [-0.05, 0) is 54.8 Å². The Morgan fingerprint density at radius 2 is 1.28 bits per heavy atom. The fraction of sp³-hybridized carbons (Fsp3) is 0.0667. The summed E-state index contributed by atoms with van der Waals surface area (Å²) in [6, 6.07) is 41.4. The van der Waals surface area contributed by atoms with Crippen molar-refractivity contribution >= 4 is 44.0 Å². The largest absolute Gasteiger partial charge is 0.341 e. The zero-order chi connectivity index (χ0) is 21.5. The average molecular weight is 413 g/mol. The number of aromatic nitrogens is 1. The highest BCUT2D eigenvalue weighted by Gasteiger charge is 2.16. The maximum atomic E-state index is 2.41. The molecule has 2 nitrogen and oxygen atoms in total. The molecule has 0 amide bonds. The molecule has 6 rings (SSSR count). The lowest BCUT2D eigenvalue weighted by Gasteiger charge is -2.25. The molecule has 0 radical (unpaired) electrons. The molecule has 1 heterocycles. The van der Waals surface area contributed by atoms with Gasteiger partial charge in [0.05, 0.1) is 11.0 Å². The number of anilines is 2. The first-order valence-corrected chi connectivity index (χ1v) is 11.2. The van der Waals surface area contributed by atoms with E-state index in [1.165, 1.54) is 49.6 Å². The van der Waals surface area contributed by atoms with Crippen LogP contribution in [0.25, 0.3) is 38.3 Å². The third-order valence-electron chi connectivity index (χ3n) is 6.36. The Kier molecular flexibility index (Phi) is 4.43. The van der Waals surface area contributed by atoms with Crippen LogP contribution in [0.3, 0.4) is 0 Å². The monoisotopic (exact) mass is 412 g/mol. The van der Waals surface area contributed by atoms with Crippen LogP contribution in [0, 0.1) is 0 Å². The van der Waals surface area contributed by atoms with Crippen molar-refractivity contribution in [1.29, 1.82) is 0 Å². The maximum absolute atomic E-state index is 2.41. The number of rotatable bonds is 4. The first kappa shape index (κ1) is 18.7. The molecule has 0 saturated carbocycles. The van der Waals surface area contributed by atoms with E-state index in [0.29, 0.717) is 0 Å². The van der Waals surface area contributed by atoms with Gasteiger partial charge in [0, 0.05) is 39.8 Å². The summed E-state index contributed by atoms with van der Waals surface area (Å²) in [5, 5.41) is 5.11. The van der Waals surface area contributed by atoms with Gasteiger partial charge in [0.1, 0.15) is 0 Å². The molecular weight excluding hydrogens is 388 g/mol. The third kappa shape index (κ3) is 2.88. The molecule has 0 atom stereocenters. The molecule has 0 aliphatic carbocycles. The van der Waals surface area contributed by atoms with Crippen molar-refractivity contribution in [2.24, 2.45) is 0 Å². The van der Waals surface area contributed by atoms with Crippen molar-refractivity contribution in [3.63, 3.8) is 0 Å². The minimum absolute atomic E-state index is 0.900. The first-order chi connectivity index (χ1) is 15.8. The van der Waals surface area contributed by atoms with Crippen molar-refractivity contribution < 1.29 is 0 Å². The van der Waals surface area contributed by atoms with Gasteiger partial charge in [0.2, 0.25) is 0 Å². The van der Waals surface area contributed by atoms with E-state index >= 15 is 0 Å². The third-order valence-corrected chi connectivity index (χ3v) is 6.36. The molecule has 32 heavy (non-hydrogen) atoms. The van der Waals surface area contributed by atoms with Crippen LogP contribution in [0.15, 0.2) is 115 Å². The smallest absolute Gasteiger partial charge is 0.0542 e. The molecule has 2 heteroatoms. The molecule has 1 aromatic heterocycles. The molecule has 0 aliphatic heterocycles. The molecule has 0 unspecified atom stereocenters. The Hall–Kier alpha value is -4.04. The highest BCUT2D eigenvalue weighted by molar-refractivity contribution is 6.10. The van der Waals surface area contributed by atoms with Crippen LogP contribution >= 0.6 is 0 Å². The van der Waals surface area contributed by atoms with Crippen LogP contribution in [0.2, 0.25) is 0 Å². The van der Waals surface area contributed by atoms with Gasteiger partial charge in [-0.25, -0.2) is 0 Å². The molecule has 0 spiro atoms. The van der Waals surface area contributed by atoms with Crippen molar-refractivity contribution in [3.8, 4) is 5.69 Å². The van der Waals surface area contributed by atoms with E-state index in [4.69, 9.17) is 0 Å². The standard InChI is InChI=1S/C30H24N2/c1-2-31(28-18-10-12-22-11-6-7-15-25(22)28)24-19-20-30-27(21-24)26-16-8-9-17-29(26)32(30)23-13-4-3-5-14-23/h3-21H,2H2,1H3. The highest BCUT2D eigenvalue weighted by Crippen LogP contribution is 2.37. The molecule has 5 aromatic carbocycles. The lowest BCUT2D eigenvalue weighted by molar-refractivity contribution is 1.03. The minimum atomic E-state index is 0.900. The van der Waals surface area contributed by atoms with Gasteiger partial charge in [-0.1, -0.05) is 72.8 Å². The van der Waals surface area contributed by atoms with E-state index in [9.17, 15) is 0 Å². The quantitative estimate of drug-likeness (QED) is 0.284. The maximum Gasteiger partial charge on any atom is 0.0542 e. The summed E-state index contributed by atoms with van der Waals surface area (Å²) in [5.41, 5.74) is 6.12. The van der Waals surface area contributed by atoms with E-state index < -0.39 is 0 Å². The van der Waals surface area contributed by atoms with Crippen molar-refractivity contribution in [2.45, 2.75) is 6.92 Å². The van der Waals surface area contributed by atoms with Crippen molar-refractivity contribution in [3.05, 3.63) is 115 Å². The van der Waals surface area contributed by atoms with Gasteiger partial charge in [-0.15, -0.1) is 0 Å². The van der Waals surface area contributed by atoms with Crippen LogP contribution in [0.1, 0.15) is 6.92 Å². The number of benzene rings is 5. The fourth-order valence-electron chi connectivity index (χ4n) is 4.92. The topological polar surface area (TPSA) is 8.17 Å². The van der Waals surface area contributed by atoms with Crippen molar-refractivity contribution in [2.75, 3.05) is 11.4 Å². The predicted octanol–water partition coefficient (Wildman–Crippen LogP) is 8.09. The summed E-state index contributed by atoms with van der Waals surface area (Å²) >= 11 is 0. The second-order valence-corrected chi connectivity index (χ2v) is 8.13. The summed E-state index contributed by atoms with van der Waals surface area (Å²) in [6.45, 7) is 3.12. The number of fused-ring (bicyclic) bond motifs is 4. The molecule has 0 aliphatic rings. The molecule has 0 fully saturated rings. The van der Waals surface area contributed by atoms with Crippen LogP contribution < -0.4 is 4.90 Å². The Bertz CT molecular complexity index is 1560. The average Bonchev–Trinajstić information content (AvgIpc) is 3.19. The fourth-order valence-corrected chi connectivity index (χ4v) is 4.92. The van der Waals surface area contributed by atoms with Crippen LogP contribution in [-0.4, -0.2) is 11.1 Å². The molecular formula is C30H24N2. The summed E-state index contributed by atoms with van der Waals surface area (Å²) in [4.78, 5) is 2.41. The van der Waals surface area contributed by atoms with E-state index in [2.05, 4.69) is 132 Å². The number of nitrogens with zero attached hydrogens (tertiary/aromatic N) is 2. The number of hydrogen-bond donors (Lipinski definition) is 0. The molecule has 0 N–H and O–H groups in total. The lowest BCUT2D eigenvalue weighted by Crippen LogP contribution is -2.16. The summed E-state index contributed by atoms with van der Waals surface area (Å²) in [5.74, 6) is 0. The van der Waals surface area contributed by atoms with Crippen molar-refractivity contribution in [1.82, 2.24) is 4.57 Å². The minimum Gasteiger partial charge on any atom is -0.341 e. The van der Waals surface area contributed by atoms with E-state index in [1.54, 1.807) is 0 Å². The molecule has 0 saturated heterocycles. The van der Waals surface area contributed by atoms with Gasteiger partial charge < -0.3 is 9.47 Å². The molecule has 0 bridgehead atoms. The van der Waals surface area contributed by atoms with Crippen LogP contribution in [0.4, 0.5) is 11.4 Å². The van der Waals surface area contributed by atoms with Crippen LogP contribution in [-0.2, 0) is 0 Å². The Morgan fingerprint density at radius 1 is 0.594 bits per heavy atom. The van der Waals surface area contributed by atoms with E-state index in [1.807, 2.05) is 0 Å². The predicted molar refractivity (Wildman–Crippen MR) is 137 cm³/mol. The first-order valence-electron chi connectivity index (χ1n) is 11.2.